The first-order valence-corrected chi connectivity index (χ1v) is 6.24. The summed E-state index contributed by atoms with van der Waals surface area (Å²) >= 11 is 5.86. The fraction of sp³-hybridized carbons (Fsp3) is 0.500. The molecule has 0 saturated heterocycles. The highest BCUT2D eigenvalue weighted by Gasteiger charge is 2.20. The molecule has 100 valence electrons. The summed E-state index contributed by atoms with van der Waals surface area (Å²) < 4.78 is 13.6. The van der Waals surface area contributed by atoms with Crippen LogP contribution in [0.5, 0.6) is 0 Å². The van der Waals surface area contributed by atoms with Gasteiger partial charge in [0.15, 0.2) is 5.78 Å². The predicted octanol–water partition coefficient (Wildman–Crippen LogP) is 3.64. The van der Waals surface area contributed by atoms with E-state index < -0.39 is 5.82 Å². The van der Waals surface area contributed by atoms with E-state index in [4.69, 9.17) is 11.6 Å². The first-order chi connectivity index (χ1) is 8.20. The van der Waals surface area contributed by atoms with Gasteiger partial charge >= 0.3 is 0 Å². The molecule has 1 rings (SSSR count). The van der Waals surface area contributed by atoms with Crippen molar-refractivity contribution >= 4 is 17.4 Å². The molecule has 0 radical (unpaired) electrons. The van der Waals surface area contributed by atoms with Gasteiger partial charge in [-0.3, -0.25) is 9.69 Å². The SMILES string of the molecule is CN(CC(=O)c1c(F)cccc1Cl)CC(C)(C)C. The molecule has 2 nitrogen and oxygen atoms in total. The van der Waals surface area contributed by atoms with Crippen LogP contribution in [0.1, 0.15) is 31.1 Å². The van der Waals surface area contributed by atoms with E-state index in [1.54, 1.807) is 0 Å². The fourth-order valence-electron chi connectivity index (χ4n) is 1.95. The maximum absolute atomic E-state index is 13.6. The third-order valence-electron chi connectivity index (χ3n) is 2.40. The van der Waals surface area contributed by atoms with E-state index in [1.165, 1.54) is 18.2 Å². The molecular formula is C14H19ClFNO. The summed E-state index contributed by atoms with van der Waals surface area (Å²) in [5.74, 6) is -0.846. The number of hydrogen-bond acceptors (Lipinski definition) is 2. The highest BCUT2D eigenvalue weighted by atomic mass is 35.5. The average Bonchev–Trinajstić information content (AvgIpc) is 2.13. The van der Waals surface area contributed by atoms with Crippen molar-refractivity contribution in [1.82, 2.24) is 4.90 Å². The van der Waals surface area contributed by atoms with Crippen molar-refractivity contribution in [3.8, 4) is 0 Å². The lowest BCUT2D eigenvalue weighted by Crippen LogP contribution is -2.33. The number of nitrogens with zero attached hydrogens (tertiary/aromatic N) is 1. The molecule has 18 heavy (non-hydrogen) atoms. The first kappa shape index (κ1) is 15.1. The van der Waals surface area contributed by atoms with Crippen molar-refractivity contribution in [3.63, 3.8) is 0 Å². The van der Waals surface area contributed by atoms with Crippen molar-refractivity contribution in [2.45, 2.75) is 20.8 Å². The molecule has 0 aliphatic carbocycles. The average molecular weight is 272 g/mol. The van der Waals surface area contributed by atoms with Crippen molar-refractivity contribution in [1.29, 1.82) is 0 Å². The zero-order valence-electron chi connectivity index (χ0n) is 11.3. The Hall–Kier alpha value is -0.930. The zero-order chi connectivity index (χ0) is 13.9. The van der Waals surface area contributed by atoms with Gasteiger partial charge in [0.1, 0.15) is 5.82 Å². The van der Waals surface area contributed by atoms with Crippen LogP contribution in [0.25, 0.3) is 0 Å². The van der Waals surface area contributed by atoms with Crippen molar-refractivity contribution in [3.05, 3.63) is 34.6 Å². The van der Waals surface area contributed by atoms with E-state index >= 15 is 0 Å². The Kier molecular flexibility index (Phi) is 4.88. The molecule has 0 bridgehead atoms. The van der Waals surface area contributed by atoms with Crippen LogP contribution in [0.2, 0.25) is 5.02 Å². The second-order valence-corrected chi connectivity index (χ2v) is 6.16. The number of likely N-dealkylation sites (N-methyl/N-ethyl adjacent to an activating group) is 1. The summed E-state index contributed by atoms with van der Waals surface area (Å²) in [5, 5.41) is 0.171. The first-order valence-electron chi connectivity index (χ1n) is 5.86. The van der Waals surface area contributed by atoms with Gasteiger partial charge in [-0.2, -0.15) is 0 Å². The van der Waals surface area contributed by atoms with Gasteiger partial charge in [-0.25, -0.2) is 4.39 Å². The third-order valence-corrected chi connectivity index (χ3v) is 2.71. The minimum atomic E-state index is -0.559. The van der Waals surface area contributed by atoms with Crippen LogP contribution in [0.4, 0.5) is 4.39 Å². The van der Waals surface area contributed by atoms with Crippen LogP contribution < -0.4 is 0 Å². The molecule has 0 spiro atoms. The van der Waals surface area contributed by atoms with Gasteiger partial charge in [-0.15, -0.1) is 0 Å². The molecule has 0 aliphatic heterocycles. The number of rotatable bonds is 4. The van der Waals surface area contributed by atoms with E-state index in [2.05, 4.69) is 20.8 Å². The van der Waals surface area contributed by atoms with E-state index in [0.29, 0.717) is 0 Å². The van der Waals surface area contributed by atoms with Crippen LogP contribution >= 0.6 is 11.6 Å². The van der Waals surface area contributed by atoms with Crippen LogP contribution in [-0.2, 0) is 0 Å². The smallest absolute Gasteiger partial charge is 0.181 e. The summed E-state index contributed by atoms with van der Waals surface area (Å²) in [6, 6.07) is 4.28. The highest BCUT2D eigenvalue weighted by Crippen LogP contribution is 2.20. The number of hydrogen-bond donors (Lipinski definition) is 0. The molecule has 0 fully saturated rings. The number of Topliss-reactive ketones (excluding diaryl/α,β-unsaturated/α-hetero) is 1. The summed E-state index contributed by atoms with van der Waals surface area (Å²) in [6.07, 6.45) is 0. The number of halogens is 2. The number of carbonyl (C=O) groups excluding carboxylic acids is 1. The summed E-state index contributed by atoms with van der Waals surface area (Å²) in [4.78, 5) is 13.9. The lowest BCUT2D eigenvalue weighted by atomic mass is 9.96. The lowest BCUT2D eigenvalue weighted by molar-refractivity contribution is 0.0923. The Morgan fingerprint density at radius 1 is 1.39 bits per heavy atom. The van der Waals surface area contributed by atoms with Gasteiger partial charge < -0.3 is 0 Å². The quantitative estimate of drug-likeness (QED) is 0.780. The second kappa shape index (κ2) is 5.81. The van der Waals surface area contributed by atoms with Crippen LogP contribution in [0.15, 0.2) is 18.2 Å². The highest BCUT2D eigenvalue weighted by molar-refractivity contribution is 6.34. The maximum atomic E-state index is 13.6. The van der Waals surface area contributed by atoms with Gasteiger partial charge in [-0.1, -0.05) is 38.4 Å². The van der Waals surface area contributed by atoms with Gasteiger partial charge in [-0.05, 0) is 24.6 Å². The summed E-state index contributed by atoms with van der Waals surface area (Å²) in [5.41, 5.74) is 0.0774. The molecule has 0 unspecified atom stereocenters. The summed E-state index contributed by atoms with van der Waals surface area (Å²) in [6.45, 7) is 7.18. The van der Waals surface area contributed by atoms with Gasteiger partial charge in [0, 0.05) is 6.54 Å². The van der Waals surface area contributed by atoms with Gasteiger partial charge in [0.25, 0.3) is 0 Å². The molecule has 1 aromatic rings. The van der Waals surface area contributed by atoms with E-state index in [1.807, 2.05) is 11.9 Å². The van der Waals surface area contributed by atoms with Gasteiger partial charge in [0.2, 0.25) is 0 Å². The fourth-order valence-corrected chi connectivity index (χ4v) is 2.22. The van der Waals surface area contributed by atoms with Crippen LogP contribution in [-0.4, -0.2) is 30.8 Å². The molecule has 0 heterocycles. The molecule has 4 heteroatoms. The van der Waals surface area contributed by atoms with Crippen molar-refractivity contribution < 1.29 is 9.18 Å². The Morgan fingerprint density at radius 3 is 2.50 bits per heavy atom. The number of benzene rings is 1. The number of carbonyl (C=O) groups is 1. The topological polar surface area (TPSA) is 20.3 Å². The Morgan fingerprint density at radius 2 is 2.00 bits per heavy atom. The Labute approximate surface area is 113 Å². The van der Waals surface area contributed by atoms with Crippen molar-refractivity contribution in [2.75, 3.05) is 20.1 Å². The minimum absolute atomic E-state index is 0.0140. The molecule has 0 atom stereocenters. The Bertz CT molecular complexity index is 420. The molecule has 0 aliphatic rings. The normalized spacial score (nSPS) is 11.9. The third kappa shape index (κ3) is 4.39. The molecular weight excluding hydrogens is 253 g/mol. The van der Waals surface area contributed by atoms with E-state index in [-0.39, 0.29) is 28.3 Å². The molecule has 0 saturated carbocycles. The summed E-state index contributed by atoms with van der Waals surface area (Å²) in [7, 11) is 1.85. The zero-order valence-corrected chi connectivity index (χ0v) is 12.0. The Balaban J connectivity index is 2.77. The molecule has 0 amide bonds. The van der Waals surface area contributed by atoms with Crippen LogP contribution in [0.3, 0.4) is 0 Å². The van der Waals surface area contributed by atoms with E-state index in [0.717, 1.165) is 6.54 Å². The monoisotopic (exact) mass is 271 g/mol. The van der Waals surface area contributed by atoms with Gasteiger partial charge in [0.05, 0.1) is 17.1 Å². The molecule has 1 aromatic carbocycles. The molecule has 0 N–H and O–H groups in total. The predicted molar refractivity (Wildman–Crippen MR) is 72.7 cm³/mol. The maximum Gasteiger partial charge on any atom is 0.181 e. The molecule has 0 aromatic heterocycles. The lowest BCUT2D eigenvalue weighted by Gasteiger charge is -2.26. The largest absolute Gasteiger partial charge is 0.298 e. The second-order valence-electron chi connectivity index (χ2n) is 5.75. The number of ketones is 1. The standard InChI is InChI=1S/C14H19ClFNO/c1-14(2,3)9-17(4)8-12(18)13-10(15)6-5-7-11(13)16/h5-7H,8-9H2,1-4H3. The minimum Gasteiger partial charge on any atom is -0.298 e. The van der Waals surface area contributed by atoms with Crippen molar-refractivity contribution in [2.24, 2.45) is 5.41 Å². The van der Waals surface area contributed by atoms with Crippen LogP contribution in [0, 0.1) is 11.2 Å². The van der Waals surface area contributed by atoms with E-state index in [9.17, 15) is 9.18 Å².